The molecule has 2 aromatic carbocycles. The van der Waals surface area contributed by atoms with Crippen LogP contribution < -0.4 is 10.6 Å². The molecule has 34 heavy (non-hydrogen) atoms. The van der Waals surface area contributed by atoms with Crippen molar-refractivity contribution in [3.63, 3.8) is 0 Å². The Hall–Kier alpha value is -4.07. The molecule has 0 bridgehead atoms. The highest BCUT2D eigenvalue weighted by atomic mass is 16.3. The SMILES string of the molecule is Cc1cccc(NC(=O)N2CCN(C(=O)C(Cc3ccccc3)NC(=O)c3ccco3)CC2)c1. The lowest BCUT2D eigenvalue weighted by molar-refractivity contribution is -0.134. The van der Waals surface area contributed by atoms with Gasteiger partial charge in [0.1, 0.15) is 6.04 Å². The van der Waals surface area contributed by atoms with Crippen LogP contribution in [0.3, 0.4) is 0 Å². The number of furan rings is 1. The Bertz CT molecular complexity index is 1120. The third-order valence-corrected chi connectivity index (χ3v) is 5.78. The minimum Gasteiger partial charge on any atom is -0.459 e. The van der Waals surface area contributed by atoms with Crippen molar-refractivity contribution in [2.45, 2.75) is 19.4 Å². The minimum absolute atomic E-state index is 0.156. The maximum atomic E-state index is 13.4. The number of hydrogen-bond acceptors (Lipinski definition) is 4. The summed E-state index contributed by atoms with van der Waals surface area (Å²) in [5, 5.41) is 5.73. The Morgan fingerprint density at radius 3 is 2.32 bits per heavy atom. The van der Waals surface area contributed by atoms with Gasteiger partial charge in [-0.25, -0.2) is 4.79 Å². The normalized spacial score (nSPS) is 14.4. The lowest BCUT2D eigenvalue weighted by Gasteiger charge is -2.36. The summed E-state index contributed by atoms with van der Waals surface area (Å²) in [6.07, 6.45) is 1.78. The van der Waals surface area contributed by atoms with Gasteiger partial charge in [0.25, 0.3) is 5.91 Å². The fourth-order valence-electron chi connectivity index (χ4n) is 3.96. The third-order valence-electron chi connectivity index (χ3n) is 5.78. The van der Waals surface area contributed by atoms with Gasteiger partial charge in [0, 0.05) is 38.3 Å². The number of aryl methyl sites for hydroxylation is 1. The molecule has 1 atom stereocenters. The van der Waals surface area contributed by atoms with Crippen molar-refractivity contribution >= 4 is 23.5 Å². The second-order valence-corrected chi connectivity index (χ2v) is 8.31. The molecule has 1 aliphatic heterocycles. The Morgan fingerprint density at radius 1 is 0.912 bits per heavy atom. The molecular weight excluding hydrogens is 432 g/mol. The number of urea groups is 1. The van der Waals surface area contributed by atoms with Crippen molar-refractivity contribution in [2.75, 3.05) is 31.5 Å². The monoisotopic (exact) mass is 460 g/mol. The number of anilines is 1. The Balaban J connectivity index is 1.38. The van der Waals surface area contributed by atoms with E-state index in [1.807, 2.05) is 61.5 Å². The van der Waals surface area contributed by atoms with Crippen LogP contribution >= 0.6 is 0 Å². The molecule has 1 aliphatic rings. The molecule has 1 aromatic heterocycles. The van der Waals surface area contributed by atoms with Crippen molar-refractivity contribution in [1.82, 2.24) is 15.1 Å². The van der Waals surface area contributed by atoms with Crippen LogP contribution in [0.4, 0.5) is 10.5 Å². The molecule has 8 heteroatoms. The minimum atomic E-state index is -0.743. The molecule has 176 valence electrons. The summed E-state index contributed by atoms with van der Waals surface area (Å²) in [4.78, 5) is 42.0. The number of benzene rings is 2. The summed E-state index contributed by atoms with van der Waals surface area (Å²) in [7, 11) is 0. The molecule has 0 radical (unpaired) electrons. The van der Waals surface area contributed by atoms with E-state index in [1.54, 1.807) is 21.9 Å². The van der Waals surface area contributed by atoms with Gasteiger partial charge in [0.15, 0.2) is 5.76 Å². The number of carbonyl (C=O) groups is 3. The summed E-state index contributed by atoms with van der Waals surface area (Å²) in [5.74, 6) is -0.457. The molecule has 0 saturated carbocycles. The molecule has 2 heterocycles. The maximum absolute atomic E-state index is 13.4. The Morgan fingerprint density at radius 2 is 1.65 bits per heavy atom. The van der Waals surface area contributed by atoms with Gasteiger partial charge in [-0.15, -0.1) is 0 Å². The highest BCUT2D eigenvalue weighted by Gasteiger charge is 2.30. The number of piperazine rings is 1. The first-order chi connectivity index (χ1) is 16.5. The fourth-order valence-corrected chi connectivity index (χ4v) is 3.96. The van der Waals surface area contributed by atoms with E-state index >= 15 is 0 Å². The van der Waals surface area contributed by atoms with Gasteiger partial charge in [-0.05, 0) is 42.3 Å². The molecule has 0 spiro atoms. The van der Waals surface area contributed by atoms with Crippen molar-refractivity contribution in [3.8, 4) is 0 Å². The van der Waals surface area contributed by atoms with E-state index < -0.39 is 11.9 Å². The third kappa shape index (κ3) is 5.83. The zero-order valence-corrected chi connectivity index (χ0v) is 19.1. The number of carbonyl (C=O) groups excluding carboxylic acids is 3. The van der Waals surface area contributed by atoms with E-state index in [1.165, 1.54) is 6.26 Å². The summed E-state index contributed by atoms with van der Waals surface area (Å²) in [6, 6.07) is 19.4. The molecular formula is C26H28N4O4. The molecule has 1 unspecified atom stereocenters. The molecule has 1 saturated heterocycles. The van der Waals surface area contributed by atoms with E-state index in [9.17, 15) is 14.4 Å². The first-order valence-electron chi connectivity index (χ1n) is 11.3. The first-order valence-corrected chi connectivity index (χ1v) is 11.3. The Labute approximate surface area is 198 Å². The lowest BCUT2D eigenvalue weighted by atomic mass is 10.0. The van der Waals surface area contributed by atoms with Crippen molar-refractivity contribution in [1.29, 1.82) is 0 Å². The molecule has 4 rings (SSSR count). The number of hydrogen-bond donors (Lipinski definition) is 2. The topological polar surface area (TPSA) is 94.9 Å². The smallest absolute Gasteiger partial charge is 0.321 e. The first kappa shape index (κ1) is 23.1. The number of rotatable bonds is 6. The molecule has 0 aliphatic carbocycles. The highest BCUT2D eigenvalue weighted by molar-refractivity contribution is 5.95. The molecule has 8 nitrogen and oxygen atoms in total. The van der Waals surface area contributed by atoms with E-state index in [-0.39, 0.29) is 17.7 Å². The molecule has 4 amide bonds. The predicted molar refractivity (Wildman–Crippen MR) is 128 cm³/mol. The lowest BCUT2D eigenvalue weighted by Crippen LogP contribution is -2.56. The summed E-state index contributed by atoms with van der Waals surface area (Å²) < 4.78 is 5.18. The quantitative estimate of drug-likeness (QED) is 0.590. The highest BCUT2D eigenvalue weighted by Crippen LogP contribution is 2.13. The molecule has 3 aromatic rings. The second kappa shape index (κ2) is 10.7. The van der Waals surface area contributed by atoms with Crippen molar-refractivity contribution < 1.29 is 18.8 Å². The van der Waals surface area contributed by atoms with Gasteiger partial charge in [-0.2, -0.15) is 0 Å². The zero-order valence-electron chi connectivity index (χ0n) is 19.1. The van der Waals surface area contributed by atoms with Crippen LogP contribution in [0.5, 0.6) is 0 Å². The largest absolute Gasteiger partial charge is 0.459 e. The summed E-state index contributed by atoms with van der Waals surface area (Å²) in [5.41, 5.74) is 2.75. The Kier molecular flexibility index (Phi) is 7.27. The van der Waals surface area contributed by atoms with Gasteiger partial charge in [0.2, 0.25) is 5.91 Å². The molecule has 2 N–H and O–H groups in total. The van der Waals surface area contributed by atoms with Crippen LogP contribution in [0, 0.1) is 6.92 Å². The van der Waals surface area contributed by atoms with E-state index in [0.717, 1.165) is 16.8 Å². The van der Waals surface area contributed by atoms with Crippen LogP contribution in [0.15, 0.2) is 77.4 Å². The summed E-state index contributed by atoms with van der Waals surface area (Å²) in [6.45, 7) is 3.57. The van der Waals surface area contributed by atoms with Crippen LogP contribution in [-0.2, 0) is 11.2 Å². The van der Waals surface area contributed by atoms with E-state index in [2.05, 4.69) is 10.6 Å². The number of nitrogens with one attached hydrogen (secondary N) is 2. The van der Waals surface area contributed by atoms with E-state index in [0.29, 0.717) is 32.6 Å². The number of amides is 4. The van der Waals surface area contributed by atoms with E-state index in [4.69, 9.17) is 4.42 Å². The van der Waals surface area contributed by atoms with Crippen LogP contribution in [0.25, 0.3) is 0 Å². The van der Waals surface area contributed by atoms with Gasteiger partial charge < -0.3 is 24.9 Å². The summed E-state index contributed by atoms with van der Waals surface area (Å²) >= 11 is 0. The van der Waals surface area contributed by atoms with Gasteiger partial charge in [-0.3, -0.25) is 9.59 Å². The van der Waals surface area contributed by atoms with Gasteiger partial charge in [0.05, 0.1) is 6.26 Å². The average molecular weight is 461 g/mol. The second-order valence-electron chi connectivity index (χ2n) is 8.31. The van der Waals surface area contributed by atoms with Gasteiger partial charge >= 0.3 is 6.03 Å². The van der Waals surface area contributed by atoms with Crippen LogP contribution in [-0.4, -0.2) is 59.9 Å². The van der Waals surface area contributed by atoms with Crippen molar-refractivity contribution in [2.24, 2.45) is 0 Å². The van der Waals surface area contributed by atoms with Crippen molar-refractivity contribution in [3.05, 3.63) is 89.9 Å². The van der Waals surface area contributed by atoms with Crippen LogP contribution in [0.1, 0.15) is 21.7 Å². The van der Waals surface area contributed by atoms with Crippen LogP contribution in [0.2, 0.25) is 0 Å². The zero-order chi connectivity index (χ0) is 23.9. The standard InChI is InChI=1S/C26H28N4O4/c1-19-7-5-10-21(17-19)27-26(33)30-14-12-29(13-15-30)25(32)22(18-20-8-3-2-4-9-20)28-24(31)23-11-6-16-34-23/h2-11,16-17,22H,12-15,18H2,1H3,(H,27,33)(H,28,31). The predicted octanol–water partition coefficient (Wildman–Crippen LogP) is 3.31. The maximum Gasteiger partial charge on any atom is 0.321 e. The molecule has 1 fully saturated rings. The average Bonchev–Trinajstić information content (AvgIpc) is 3.39. The number of nitrogens with zero attached hydrogens (tertiary/aromatic N) is 2. The van der Waals surface area contributed by atoms with Gasteiger partial charge in [-0.1, -0.05) is 42.5 Å². The fraction of sp³-hybridized carbons (Fsp3) is 0.269.